The first-order chi connectivity index (χ1) is 22.8. The average molecular weight is 642 g/mol. The second kappa shape index (κ2) is 10.9. The van der Waals surface area contributed by atoms with Crippen molar-refractivity contribution in [2.45, 2.75) is 6.92 Å². The molecule has 0 aliphatic carbocycles. The molecule has 7 heteroatoms. The third-order valence-corrected chi connectivity index (χ3v) is 10.1. The number of rotatable bonds is 5. The normalized spacial score (nSPS) is 14.7. The number of ether oxygens (including phenoxy) is 1. The van der Waals surface area contributed by atoms with Gasteiger partial charge < -0.3 is 0 Å². The molecule has 2 aliphatic heterocycles. The number of fused-ring (bicyclic) bond motifs is 3. The zero-order valence-electron chi connectivity index (χ0n) is 26.9. The van der Waals surface area contributed by atoms with Gasteiger partial charge in [-0.15, -0.1) is 0 Å². The number of benzene rings is 4. The van der Waals surface area contributed by atoms with E-state index >= 15 is 0 Å². The molecule has 0 unspecified atom stereocenters. The summed E-state index contributed by atoms with van der Waals surface area (Å²) >= 11 is 0.0116. The first-order valence-electron chi connectivity index (χ1n) is 15.8. The van der Waals surface area contributed by atoms with Gasteiger partial charge >= 0.3 is 258 Å². The monoisotopic (exact) mass is 642 g/mol. The quantitative estimate of drug-likeness (QED) is 0.185. The molecule has 0 atom stereocenters. The fraction of sp³-hybridized carbons (Fsp3) is 0.0811. The number of anilines is 6. The Morgan fingerprint density at radius 3 is 2.43 bits per heavy atom. The molecule has 2 aliphatic rings. The molecule has 0 saturated heterocycles. The first kappa shape index (κ1) is 23.4. The van der Waals surface area contributed by atoms with E-state index in [0.717, 1.165) is 49.9 Å². The average Bonchev–Trinajstić information content (AvgIpc) is 3.49. The molecule has 0 bridgehead atoms. The standard InChI is InChI=1S/C37H29N5OSe/c1-25-20-36(39-23-30(25)26-10-4-3-5-11-26)42-33-16-9-19-38-37(33)44-35-18-17-29(22-34(35)42)43-28-13-8-12-27(21-28)41-24-40(2)31-14-6-7-15-32(31)41/h3-23H,24H2,1-2H3/i2D3. The molecule has 0 amide bonds. The summed E-state index contributed by atoms with van der Waals surface area (Å²) in [7, 11) is 0. The van der Waals surface area contributed by atoms with Gasteiger partial charge in [0.1, 0.15) is 0 Å². The second-order valence-corrected chi connectivity index (χ2v) is 12.9. The molecule has 0 spiro atoms. The summed E-state index contributed by atoms with van der Waals surface area (Å²) in [6.07, 6.45) is 3.80. The van der Waals surface area contributed by atoms with Crippen LogP contribution in [-0.4, -0.2) is 38.6 Å². The minimum atomic E-state index is -2.25. The van der Waals surface area contributed by atoms with Crippen molar-refractivity contribution in [1.82, 2.24) is 9.97 Å². The van der Waals surface area contributed by atoms with E-state index in [0.29, 0.717) is 17.2 Å². The molecule has 4 heterocycles. The third-order valence-electron chi connectivity index (χ3n) is 7.89. The van der Waals surface area contributed by atoms with Crippen LogP contribution in [0.1, 0.15) is 9.68 Å². The molecule has 8 rings (SSSR count). The van der Waals surface area contributed by atoms with Crippen molar-refractivity contribution in [3.05, 3.63) is 133 Å². The van der Waals surface area contributed by atoms with Gasteiger partial charge in [-0.25, -0.2) is 0 Å². The van der Waals surface area contributed by atoms with Crippen molar-refractivity contribution in [1.29, 1.82) is 0 Å². The van der Waals surface area contributed by atoms with Crippen LogP contribution in [0, 0.1) is 6.92 Å². The second-order valence-electron chi connectivity index (χ2n) is 10.7. The van der Waals surface area contributed by atoms with Gasteiger partial charge in [-0.05, 0) is 0 Å². The fourth-order valence-corrected chi connectivity index (χ4v) is 7.85. The molecule has 6 nitrogen and oxygen atoms in total. The molecule has 0 N–H and O–H groups in total. The third kappa shape index (κ3) is 4.67. The van der Waals surface area contributed by atoms with Crippen LogP contribution in [0.25, 0.3) is 11.1 Å². The molecule has 0 radical (unpaired) electrons. The van der Waals surface area contributed by atoms with Crippen molar-refractivity contribution in [2.24, 2.45) is 0 Å². The van der Waals surface area contributed by atoms with Gasteiger partial charge in [0.25, 0.3) is 0 Å². The van der Waals surface area contributed by atoms with Gasteiger partial charge in [0.05, 0.1) is 0 Å². The summed E-state index contributed by atoms with van der Waals surface area (Å²) in [5.41, 5.74) is 7.78. The molecule has 4 aromatic carbocycles. The SMILES string of the molecule is [2H]C([2H])([2H])N1CN(c2cccc(Oc3ccc4c(c3)N(c3cc(C)c(-c5ccccc5)cn3)c3cccnc3[Se]4)c2)c2ccccc21. The van der Waals surface area contributed by atoms with Crippen LogP contribution in [-0.2, 0) is 0 Å². The minimum absolute atomic E-state index is 0.0116. The van der Waals surface area contributed by atoms with Gasteiger partial charge in [0, 0.05) is 4.11 Å². The number of hydrogen-bond acceptors (Lipinski definition) is 6. The molecule has 6 aromatic rings. The van der Waals surface area contributed by atoms with Crippen LogP contribution in [0.15, 0.2) is 128 Å². The van der Waals surface area contributed by atoms with Crippen molar-refractivity contribution < 1.29 is 8.85 Å². The number of hydrogen-bond donors (Lipinski definition) is 0. The first-order valence-corrected chi connectivity index (χ1v) is 16.1. The molecular weight excluding hydrogens is 609 g/mol. The van der Waals surface area contributed by atoms with Crippen molar-refractivity contribution >= 4 is 58.3 Å². The summed E-state index contributed by atoms with van der Waals surface area (Å²) in [6, 6.07) is 38.1. The maximum absolute atomic E-state index is 8.06. The molecule has 214 valence electrons. The van der Waals surface area contributed by atoms with E-state index in [-0.39, 0.29) is 21.6 Å². The Kier molecular flexibility index (Phi) is 5.77. The van der Waals surface area contributed by atoms with E-state index in [9.17, 15) is 0 Å². The number of para-hydroxylation sites is 2. The van der Waals surface area contributed by atoms with Crippen molar-refractivity contribution in [3.8, 4) is 22.6 Å². The summed E-state index contributed by atoms with van der Waals surface area (Å²) < 4.78 is 32.9. The van der Waals surface area contributed by atoms with Gasteiger partial charge in [0.2, 0.25) is 0 Å². The Morgan fingerprint density at radius 2 is 1.57 bits per heavy atom. The number of aryl methyl sites for hydroxylation is 1. The Balaban J connectivity index is 1.13. The fourth-order valence-electron chi connectivity index (χ4n) is 5.80. The van der Waals surface area contributed by atoms with Crippen LogP contribution in [0.5, 0.6) is 11.5 Å². The van der Waals surface area contributed by atoms with Crippen LogP contribution in [0.2, 0.25) is 0 Å². The summed E-state index contributed by atoms with van der Waals surface area (Å²) in [5, 5.41) is 0. The number of nitrogens with zero attached hydrogens (tertiary/aromatic N) is 5. The predicted molar refractivity (Wildman–Crippen MR) is 180 cm³/mol. The van der Waals surface area contributed by atoms with Crippen LogP contribution in [0.3, 0.4) is 0 Å². The molecule has 0 fully saturated rings. The molecule has 2 aromatic heterocycles. The van der Waals surface area contributed by atoms with Gasteiger partial charge in [-0.2, -0.15) is 0 Å². The van der Waals surface area contributed by atoms with Gasteiger partial charge in [0.15, 0.2) is 0 Å². The van der Waals surface area contributed by atoms with E-state index in [1.165, 1.54) is 9.36 Å². The molecule has 0 saturated carbocycles. The summed E-state index contributed by atoms with van der Waals surface area (Å²) in [5.74, 6) is 2.17. The van der Waals surface area contributed by atoms with Crippen LogP contribution < -0.4 is 28.5 Å². The van der Waals surface area contributed by atoms with E-state index < -0.39 is 6.98 Å². The Hall–Kier alpha value is -5.10. The molecular formula is C37H29N5OSe. The van der Waals surface area contributed by atoms with E-state index in [2.05, 4.69) is 48.2 Å². The van der Waals surface area contributed by atoms with Crippen molar-refractivity contribution in [3.63, 3.8) is 0 Å². The predicted octanol–water partition coefficient (Wildman–Crippen LogP) is 7.23. The topological polar surface area (TPSA) is 44.7 Å². The number of pyridine rings is 2. The van der Waals surface area contributed by atoms with Gasteiger partial charge in [-0.1, -0.05) is 6.07 Å². The summed E-state index contributed by atoms with van der Waals surface area (Å²) in [4.78, 5) is 15.3. The Labute approximate surface area is 267 Å². The summed E-state index contributed by atoms with van der Waals surface area (Å²) in [6.45, 7) is 0.0893. The zero-order chi connectivity index (χ0) is 32.1. The van der Waals surface area contributed by atoms with E-state index in [1.54, 1.807) is 0 Å². The molecule has 44 heavy (non-hydrogen) atoms. The number of aromatic nitrogens is 2. The van der Waals surface area contributed by atoms with Crippen molar-refractivity contribution in [2.75, 3.05) is 28.3 Å². The Morgan fingerprint density at radius 1 is 0.750 bits per heavy atom. The van der Waals surface area contributed by atoms with E-state index in [4.69, 9.17) is 18.8 Å². The maximum atomic E-state index is 8.06. The van der Waals surface area contributed by atoms with Crippen LogP contribution >= 0.6 is 0 Å². The Bertz CT molecular complexity index is 2120. The zero-order valence-corrected chi connectivity index (χ0v) is 25.6. The van der Waals surface area contributed by atoms with E-state index in [1.807, 2.05) is 96.2 Å². The van der Waals surface area contributed by atoms with Gasteiger partial charge in [-0.3, -0.25) is 0 Å². The van der Waals surface area contributed by atoms with Crippen LogP contribution in [0.4, 0.5) is 34.3 Å².